The fraction of sp³-hybridized carbons (Fsp3) is 0.381. The standard InChI is InChI=1S/C21H28N2O5S/c1-5-28-20-12-18(10-11-19(20)27-3)13-22-21(24)15-23(29(4,25)26)14-17-8-6-16(2)7-9-17/h6-12H,5,13-15H2,1-4H3,(H,22,24). The lowest BCUT2D eigenvalue weighted by molar-refractivity contribution is -0.121. The second-order valence-corrected chi connectivity index (χ2v) is 8.69. The van der Waals surface area contributed by atoms with Crippen molar-refractivity contribution in [2.45, 2.75) is 26.9 Å². The molecule has 0 atom stereocenters. The Morgan fingerprint density at radius 2 is 1.72 bits per heavy atom. The zero-order valence-corrected chi connectivity index (χ0v) is 18.1. The maximum absolute atomic E-state index is 12.4. The largest absolute Gasteiger partial charge is 0.493 e. The minimum Gasteiger partial charge on any atom is -0.493 e. The molecule has 0 aromatic heterocycles. The topological polar surface area (TPSA) is 84.9 Å². The summed E-state index contributed by atoms with van der Waals surface area (Å²) in [7, 11) is -1.98. The molecule has 0 unspecified atom stereocenters. The molecule has 0 aliphatic heterocycles. The van der Waals surface area contributed by atoms with Gasteiger partial charge in [-0.15, -0.1) is 0 Å². The first kappa shape index (κ1) is 22.7. The van der Waals surface area contributed by atoms with Crippen LogP contribution in [0.2, 0.25) is 0 Å². The van der Waals surface area contributed by atoms with E-state index in [2.05, 4.69) is 5.32 Å². The maximum Gasteiger partial charge on any atom is 0.235 e. The van der Waals surface area contributed by atoms with Gasteiger partial charge in [0.2, 0.25) is 15.9 Å². The number of ether oxygens (including phenoxy) is 2. The zero-order valence-electron chi connectivity index (χ0n) is 17.3. The molecule has 0 heterocycles. The molecule has 0 saturated heterocycles. The van der Waals surface area contributed by atoms with Gasteiger partial charge in [0.15, 0.2) is 11.5 Å². The van der Waals surface area contributed by atoms with Crippen LogP contribution in [0, 0.1) is 6.92 Å². The van der Waals surface area contributed by atoms with Crippen molar-refractivity contribution in [1.82, 2.24) is 9.62 Å². The van der Waals surface area contributed by atoms with E-state index in [0.717, 1.165) is 27.3 Å². The van der Waals surface area contributed by atoms with Gasteiger partial charge in [-0.25, -0.2) is 8.42 Å². The van der Waals surface area contributed by atoms with Crippen molar-refractivity contribution in [3.05, 3.63) is 59.2 Å². The molecule has 0 saturated carbocycles. The molecule has 0 radical (unpaired) electrons. The monoisotopic (exact) mass is 420 g/mol. The number of benzene rings is 2. The first-order valence-electron chi connectivity index (χ1n) is 9.30. The number of sulfonamides is 1. The Labute approximate surface area is 172 Å². The highest BCUT2D eigenvalue weighted by molar-refractivity contribution is 7.88. The van der Waals surface area contributed by atoms with Crippen LogP contribution in [0.4, 0.5) is 0 Å². The minimum atomic E-state index is -3.54. The van der Waals surface area contributed by atoms with Crippen LogP contribution in [0.1, 0.15) is 23.6 Å². The number of methoxy groups -OCH3 is 1. The average molecular weight is 421 g/mol. The molecule has 2 rings (SSSR count). The number of hydrogen-bond acceptors (Lipinski definition) is 5. The minimum absolute atomic E-state index is 0.142. The highest BCUT2D eigenvalue weighted by Crippen LogP contribution is 2.28. The van der Waals surface area contributed by atoms with Gasteiger partial charge in [-0.05, 0) is 37.1 Å². The Balaban J connectivity index is 2.01. The summed E-state index contributed by atoms with van der Waals surface area (Å²) in [4.78, 5) is 12.4. The van der Waals surface area contributed by atoms with Gasteiger partial charge in [0.05, 0.1) is 26.5 Å². The van der Waals surface area contributed by atoms with Gasteiger partial charge >= 0.3 is 0 Å². The van der Waals surface area contributed by atoms with Crippen LogP contribution in [0.3, 0.4) is 0 Å². The summed E-state index contributed by atoms with van der Waals surface area (Å²) < 4.78 is 36.2. The van der Waals surface area contributed by atoms with E-state index in [-0.39, 0.29) is 25.5 Å². The first-order chi connectivity index (χ1) is 13.7. The molecule has 0 fully saturated rings. The molecule has 8 heteroatoms. The Kier molecular flexibility index (Phi) is 8.04. The van der Waals surface area contributed by atoms with Crippen molar-refractivity contribution >= 4 is 15.9 Å². The molecule has 2 aromatic rings. The Hall–Kier alpha value is -2.58. The Morgan fingerprint density at radius 1 is 1.07 bits per heavy atom. The van der Waals surface area contributed by atoms with Crippen LogP contribution >= 0.6 is 0 Å². The quantitative estimate of drug-likeness (QED) is 0.638. The molecule has 0 bridgehead atoms. The molecule has 7 nitrogen and oxygen atoms in total. The third-order valence-electron chi connectivity index (χ3n) is 4.29. The summed E-state index contributed by atoms with van der Waals surface area (Å²) in [6.07, 6.45) is 1.10. The van der Waals surface area contributed by atoms with Gasteiger partial charge in [0.1, 0.15) is 0 Å². The van der Waals surface area contributed by atoms with Crippen LogP contribution in [0.15, 0.2) is 42.5 Å². The van der Waals surface area contributed by atoms with Crippen LogP contribution in [0.25, 0.3) is 0 Å². The lowest BCUT2D eigenvalue weighted by atomic mass is 10.1. The Morgan fingerprint density at radius 3 is 2.31 bits per heavy atom. The maximum atomic E-state index is 12.4. The highest BCUT2D eigenvalue weighted by atomic mass is 32.2. The average Bonchev–Trinajstić information content (AvgIpc) is 2.67. The first-order valence-corrected chi connectivity index (χ1v) is 11.1. The lowest BCUT2D eigenvalue weighted by Crippen LogP contribution is -2.39. The summed E-state index contributed by atoms with van der Waals surface area (Å²) >= 11 is 0. The summed E-state index contributed by atoms with van der Waals surface area (Å²) in [5.74, 6) is 0.832. The molecule has 1 N–H and O–H groups in total. The predicted molar refractivity (Wildman–Crippen MR) is 112 cm³/mol. The number of aryl methyl sites for hydroxylation is 1. The molecular formula is C21H28N2O5S. The van der Waals surface area contributed by atoms with Gasteiger partial charge < -0.3 is 14.8 Å². The van der Waals surface area contributed by atoms with E-state index in [1.807, 2.05) is 44.2 Å². The number of carbonyl (C=O) groups is 1. The van der Waals surface area contributed by atoms with Crippen LogP contribution in [-0.4, -0.2) is 45.1 Å². The van der Waals surface area contributed by atoms with E-state index in [1.165, 1.54) is 0 Å². The lowest BCUT2D eigenvalue weighted by Gasteiger charge is -2.20. The Bertz CT molecular complexity index is 927. The second-order valence-electron chi connectivity index (χ2n) is 6.71. The molecule has 2 aromatic carbocycles. The van der Waals surface area contributed by atoms with Crippen LogP contribution < -0.4 is 14.8 Å². The number of amides is 1. The van der Waals surface area contributed by atoms with Crippen molar-refractivity contribution < 1.29 is 22.7 Å². The normalized spacial score (nSPS) is 11.3. The van der Waals surface area contributed by atoms with Crippen molar-refractivity contribution in [1.29, 1.82) is 0 Å². The number of nitrogens with one attached hydrogen (secondary N) is 1. The van der Waals surface area contributed by atoms with Gasteiger partial charge in [0, 0.05) is 13.1 Å². The van der Waals surface area contributed by atoms with Gasteiger partial charge in [-0.3, -0.25) is 4.79 Å². The molecule has 1 amide bonds. The number of nitrogens with zero attached hydrogens (tertiary/aromatic N) is 1. The van der Waals surface area contributed by atoms with Crippen molar-refractivity contribution in [2.75, 3.05) is 26.5 Å². The molecule has 158 valence electrons. The fourth-order valence-electron chi connectivity index (χ4n) is 2.70. The van der Waals surface area contributed by atoms with E-state index >= 15 is 0 Å². The number of hydrogen-bond donors (Lipinski definition) is 1. The summed E-state index contributed by atoms with van der Waals surface area (Å²) in [6, 6.07) is 12.9. The summed E-state index contributed by atoms with van der Waals surface area (Å²) in [5.41, 5.74) is 2.74. The molecule has 0 spiro atoms. The molecular weight excluding hydrogens is 392 g/mol. The smallest absolute Gasteiger partial charge is 0.235 e. The van der Waals surface area contributed by atoms with Gasteiger partial charge in [-0.2, -0.15) is 4.31 Å². The number of rotatable bonds is 10. The fourth-order valence-corrected chi connectivity index (χ4v) is 3.44. The van der Waals surface area contributed by atoms with Crippen molar-refractivity contribution in [3.8, 4) is 11.5 Å². The third kappa shape index (κ3) is 7.07. The highest BCUT2D eigenvalue weighted by Gasteiger charge is 2.20. The van der Waals surface area contributed by atoms with E-state index in [4.69, 9.17) is 9.47 Å². The molecule has 0 aliphatic carbocycles. The van der Waals surface area contributed by atoms with Gasteiger partial charge in [0.25, 0.3) is 0 Å². The SMILES string of the molecule is CCOc1cc(CNC(=O)CN(Cc2ccc(C)cc2)S(C)(=O)=O)ccc1OC. The predicted octanol–water partition coefficient (Wildman–Crippen LogP) is 2.48. The second kappa shape index (κ2) is 10.3. The summed E-state index contributed by atoms with van der Waals surface area (Å²) in [5, 5.41) is 2.76. The zero-order chi connectivity index (χ0) is 21.4. The van der Waals surface area contributed by atoms with Crippen molar-refractivity contribution in [2.24, 2.45) is 0 Å². The summed E-state index contributed by atoms with van der Waals surface area (Å²) in [6.45, 7) is 4.48. The van der Waals surface area contributed by atoms with E-state index in [0.29, 0.717) is 18.1 Å². The van der Waals surface area contributed by atoms with Crippen LogP contribution in [0.5, 0.6) is 11.5 Å². The van der Waals surface area contributed by atoms with Crippen molar-refractivity contribution in [3.63, 3.8) is 0 Å². The number of carbonyl (C=O) groups excluding carboxylic acids is 1. The van der Waals surface area contributed by atoms with E-state index < -0.39 is 10.0 Å². The molecule has 0 aliphatic rings. The van der Waals surface area contributed by atoms with E-state index in [1.54, 1.807) is 19.2 Å². The molecule has 29 heavy (non-hydrogen) atoms. The van der Waals surface area contributed by atoms with E-state index in [9.17, 15) is 13.2 Å². The van der Waals surface area contributed by atoms with Crippen LogP contribution in [-0.2, 0) is 27.9 Å². The van der Waals surface area contributed by atoms with Gasteiger partial charge in [-0.1, -0.05) is 35.9 Å². The third-order valence-corrected chi connectivity index (χ3v) is 5.48.